The second-order valence-corrected chi connectivity index (χ2v) is 4.57. The molecule has 0 aromatic heterocycles. The number of carbonyl (C=O) groups is 1. The lowest BCUT2D eigenvalue weighted by Gasteiger charge is -2.34. The fourth-order valence-corrected chi connectivity index (χ4v) is 1.06. The summed E-state index contributed by atoms with van der Waals surface area (Å²) in [5.41, 5.74) is 0. The zero-order valence-electron chi connectivity index (χ0n) is 11.8. The molecule has 14 heteroatoms. The van der Waals surface area contributed by atoms with Crippen LogP contribution in [0.2, 0.25) is 0 Å². The summed E-state index contributed by atoms with van der Waals surface area (Å²) in [7, 11) is 0. The maximum atomic E-state index is 13.7. The van der Waals surface area contributed by atoms with Gasteiger partial charge in [-0.2, -0.15) is 48.3 Å². The predicted octanol–water partition coefficient (Wildman–Crippen LogP) is 3.94. The van der Waals surface area contributed by atoms with Crippen molar-refractivity contribution in [3.63, 3.8) is 0 Å². The summed E-state index contributed by atoms with van der Waals surface area (Å²) in [6.07, 6.45) is -20.9. The molecule has 0 bridgehead atoms. The first-order valence-electron chi connectivity index (χ1n) is 5.92. The van der Waals surface area contributed by atoms with E-state index in [9.17, 15) is 53.1 Å². The molecule has 3 nitrogen and oxygen atoms in total. The van der Waals surface area contributed by atoms with E-state index in [-0.39, 0.29) is 6.42 Å². The number of alkyl halides is 11. The van der Waals surface area contributed by atoms with Crippen LogP contribution in [0, 0.1) is 0 Å². The molecule has 1 N–H and O–H groups in total. The van der Waals surface area contributed by atoms with Gasteiger partial charge in [0.25, 0.3) is 5.91 Å². The second kappa shape index (κ2) is 6.52. The van der Waals surface area contributed by atoms with Crippen LogP contribution in [0.25, 0.3) is 0 Å². The Hall–Kier alpha value is -1.34. The molecule has 0 heterocycles. The maximum absolute atomic E-state index is 13.7. The van der Waals surface area contributed by atoms with Gasteiger partial charge in [0.2, 0.25) is 0 Å². The average molecular weight is 385 g/mol. The van der Waals surface area contributed by atoms with E-state index in [0.29, 0.717) is 0 Å². The zero-order valence-corrected chi connectivity index (χ0v) is 11.8. The average Bonchev–Trinajstić information content (AvgIpc) is 2.34. The number of halogens is 11. The smallest absolute Gasteiger partial charge is 0.348 e. The third-order valence-electron chi connectivity index (χ3n) is 2.64. The summed E-state index contributed by atoms with van der Waals surface area (Å²) >= 11 is 0. The Morgan fingerprint density at radius 2 is 1.33 bits per heavy atom. The SMILES string of the molecule is CC[C@H](C)NC(=O)[C@@](F)(OC(F)(F)C(F)(F)C(F)(F)F)C(F)(F)F. The van der Waals surface area contributed by atoms with Crippen molar-refractivity contribution in [1.29, 1.82) is 0 Å². The highest BCUT2D eigenvalue weighted by atomic mass is 19.4. The monoisotopic (exact) mass is 385 g/mol. The molecule has 1 amide bonds. The highest BCUT2D eigenvalue weighted by Gasteiger charge is 2.79. The van der Waals surface area contributed by atoms with Crippen molar-refractivity contribution < 1.29 is 57.8 Å². The molecule has 0 spiro atoms. The molecular weight excluding hydrogens is 375 g/mol. The summed E-state index contributed by atoms with van der Waals surface area (Å²) in [6, 6.07) is -1.25. The van der Waals surface area contributed by atoms with Gasteiger partial charge in [-0.3, -0.25) is 9.53 Å². The fraction of sp³-hybridized carbons (Fsp3) is 0.900. The van der Waals surface area contributed by atoms with E-state index in [0.717, 1.165) is 6.92 Å². The van der Waals surface area contributed by atoms with E-state index in [4.69, 9.17) is 0 Å². The summed E-state index contributed by atoms with van der Waals surface area (Å²) < 4.78 is 140. The van der Waals surface area contributed by atoms with Crippen LogP contribution in [0.1, 0.15) is 20.3 Å². The molecule has 0 aliphatic rings. The van der Waals surface area contributed by atoms with Crippen LogP contribution in [-0.4, -0.2) is 42.2 Å². The van der Waals surface area contributed by atoms with E-state index < -0.39 is 42.2 Å². The molecule has 2 atom stereocenters. The van der Waals surface area contributed by atoms with Gasteiger partial charge in [0.1, 0.15) is 0 Å². The van der Waals surface area contributed by atoms with Crippen molar-refractivity contribution in [2.45, 2.75) is 56.5 Å². The van der Waals surface area contributed by atoms with Gasteiger partial charge in [0.05, 0.1) is 0 Å². The number of hydrogen-bond acceptors (Lipinski definition) is 2. The van der Waals surface area contributed by atoms with E-state index in [1.807, 2.05) is 0 Å². The van der Waals surface area contributed by atoms with Crippen molar-refractivity contribution in [3.05, 3.63) is 0 Å². The minimum absolute atomic E-state index is 0.144. The van der Waals surface area contributed by atoms with Gasteiger partial charge < -0.3 is 5.32 Å². The Morgan fingerprint density at radius 3 is 1.62 bits per heavy atom. The third kappa shape index (κ3) is 4.19. The van der Waals surface area contributed by atoms with Crippen molar-refractivity contribution in [3.8, 4) is 0 Å². The van der Waals surface area contributed by atoms with Crippen LogP contribution in [0.5, 0.6) is 0 Å². The Balaban J connectivity index is 5.87. The normalized spacial score (nSPS) is 18.0. The zero-order chi connectivity index (χ0) is 19.8. The van der Waals surface area contributed by atoms with Crippen LogP contribution in [0.4, 0.5) is 48.3 Å². The van der Waals surface area contributed by atoms with Crippen LogP contribution >= 0.6 is 0 Å². The van der Waals surface area contributed by atoms with Gasteiger partial charge >= 0.3 is 30.2 Å². The van der Waals surface area contributed by atoms with Crippen molar-refractivity contribution in [1.82, 2.24) is 5.32 Å². The minimum Gasteiger partial charge on any atom is -0.348 e. The van der Waals surface area contributed by atoms with Crippen molar-refractivity contribution in [2.24, 2.45) is 0 Å². The van der Waals surface area contributed by atoms with Crippen LogP contribution in [0.3, 0.4) is 0 Å². The number of hydrogen-bond donors (Lipinski definition) is 1. The molecule has 24 heavy (non-hydrogen) atoms. The topological polar surface area (TPSA) is 38.3 Å². The Bertz CT molecular complexity index is 459. The summed E-state index contributed by atoms with van der Waals surface area (Å²) in [6.45, 7) is 2.24. The first kappa shape index (κ1) is 22.7. The maximum Gasteiger partial charge on any atom is 0.462 e. The van der Waals surface area contributed by atoms with E-state index in [2.05, 4.69) is 4.74 Å². The van der Waals surface area contributed by atoms with Gasteiger partial charge in [0.15, 0.2) is 0 Å². The number of amides is 1. The molecule has 0 radical (unpaired) electrons. The van der Waals surface area contributed by atoms with Crippen molar-refractivity contribution >= 4 is 5.91 Å². The number of carbonyl (C=O) groups excluding carboxylic acids is 1. The summed E-state index contributed by atoms with van der Waals surface area (Å²) in [5, 5.41) is 1.17. The number of nitrogens with one attached hydrogen (secondary N) is 1. The molecule has 0 fully saturated rings. The molecule has 144 valence electrons. The first-order valence-corrected chi connectivity index (χ1v) is 5.92. The number of rotatable bonds is 6. The lowest BCUT2D eigenvalue weighted by atomic mass is 10.2. The molecule has 0 saturated carbocycles. The molecule has 0 unspecified atom stereocenters. The van der Waals surface area contributed by atoms with Gasteiger partial charge in [-0.05, 0) is 13.3 Å². The van der Waals surface area contributed by atoms with Crippen LogP contribution in [-0.2, 0) is 9.53 Å². The molecule has 0 aromatic rings. The summed E-state index contributed by atoms with van der Waals surface area (Å²) in [5.74, 6) is -16.3. The Labute approximate surface area is 127 Å². The second-order valence-electron chi connectivity index (χ2n) is 4.57. The summed E-state index contributed by atoms with van der Waals surface area (Å²) in [4.78, 5) is 11.1. The van der Waals surface area contributed by atoms with Gasteiger partial charge in [-0.15, -0.1) is 0 Å². The van der Waals surface area contributed by atoms with E-state index >= 15 is 0 Å². The standard InChI is InChI=1S/C10H10F11NO2/c1-3-4(2)22-5(23)6(11,8(14,15)16)24-10(20,21)7(12,13)9(17,18)19/h4H,3H2,1-2H3,(H,22,23)/t4-,6+/m0/s1. The highest BCUT2D eigenvalue weighted by Crippen LogP contribution is 2.50. The van der Waals surface area contributed by atoms with Gasteiger partial charge in [-0.1, -0.05) is 6.92 Å². The van der Waals surface area contributed by atoms with Gasteiger partial charge in [-0.25, -0.2) is 0 Å². The van der Waals surface area contributed by atoms with Crippen LogP contribution in [0.15, 0.2) is 0 Å². The quantitative estimate of drug-likeness (QED) is 0.704. The molecule has 0 aliphatic heterocycles. The molecule has 0 saturated heterocycles. The molecular formula is C10H10F11NO2. The first-order chi connectivity index (χ1) is 10.3. The van der Waals surface area contributed by atoms with Crippen molar-refractivity contribution in [2.75, 3.05) is 0 Å². The minimum atomic E-state index is -7.20. The molecule has 0 rings (SSSR count). The van der Waals surface area contributed by atoms with Crippen LogP contribution < -0.4 is 5.32 Å². The lowest BCUT2D eigenvalue weighted by molar-refractivity contribution is -0.473. The van der Waals surface area contributed by atoms with E-state index in [1.54, 1.807) is 0 Å². The predicted molar refractivity (Wildman–Crippen MR) is 54.8 cm³/mol. The van der Waals surface area contributed by atoms with E-state index in [1.165, 1.54) is 12.2 Å². The Morgan fingerprint density at radius 1 is 0.917 bits per heavy atom. The number of ether oxygens (including phenoxy) is 1. The third-order valence-corrected chi connectivity index (χ3v) is 2.64. The highest BCUT2D eigenvalue weighted by molar-refractivity contribution is 5.84. The van der Waals surface area contributed by atoms with Gasteiger partial charge in [0, 0.05) is 6.04 Å². The lowest BCUT2D eigenvalue weighted by Crippen LogP contribution is -2.64. The largest absolute Gasteiger partial charge is 0.462 e. The Kier molecular flexibility index (Phi) is 6.15. The fourth-order valence-electron chi connectivity index (χ4n) is 1.06. The molecule has 0 aromatic carbocycles. The molecule has 0 aliphatic carbocycles.